The molecule has 0 aliphatic heterocycles. The molecule has 0 bridgehead atoms. The van der Waals surface area contributed by atoms with E-state index in [2.05, 4.69) is 35.0 Å². The van der Waals surface area contributed by atoms with Crippen LogP contribution in [0.2, 0.25) is 0 Å². The Morgan fingerprint density at radius 2 is 1.87 bits per heavy atom. The highest BCUT2D eigenvalue weighted by Crippen LogP contribution is 2.28. The van der Waals surface area contributed by atoms with E-state index in [4.69, 9.17) is 5.73 Å². The highest BCUT2D eigenvalue weighted by molar-refractivity contribution is 7.15. The number of hydrogen-bond acceptors (Lipinski definition) is 4. The van der Waals surface area contributed by atoms with E-state index in [9.17, 15) is 4.79 Å². The lowest BCUT2D eigenvalue weighted by Gasteiger charge is -2.02. The number of hydrogen-bond donors (Lipinski definition) is 2. The third-order valence-electron chi connectivity index (χ3n) is 3.54. The number of benzene rings is 1. The second kappa shape index (κ2) is 7.55. The van der Waals surface area contributed by atoms with E-state index in [-0.39, 0.29) is 0 Å². The maximum atomic E-state index is 11.1. The number of nitrogens with two attached hydrogens (primary N) is 1. The molecule has 0 aliphatic carbocycles. The van der Waals surface area contributed by atoms with E-state index < -0.39 is 5.91 Å². The molecule has 2 aromatic heterocycles. The summed E-state index contributed by atoms with van der Waals surface area (Å²) in [5.74, 6) is -0.390. The average molecular weight is 342 g/mol. The lowest BCUT2D eigenvalue weighted by Crippen LogP contribution is -2.15. The van der Waals surface area contributed by atoms with Crippen LogP contribution in [-0.4, -0.2) is 12.5 Å². The summed E-state index contributed by atoms with van der Waals surface area (Å²) in [5.41, 5.74) is 6.92. The smallest absolute Gasteiger partial charge is 0.248 e. The van der Waals surface area contributed by atoms with Gasteiger partial charge in [0.05, 0.1) is 0 Å². The van der Waals surface area contributed by atoms with Crippen molar-refractivity contribution in [1.82, 2.24) is 5.32 Å². The SMILES string of the molecule is NC(=O)c1ccc(-c2ccc(CNCCc3cccs3)s2)cc1. The van der Waals surface area contributed by atoms with Gasteiger partial charge in [0.1, 0.15) is 0 Å². The van der Waals surface area contributed by atoms with Crippen LogP contribution >= 0.6 is 22.7 Å². The van der Waals surface area contributed by atoms with Gasteiger partial charge in [-0.05, 0) is 47.7 Å². The average Bonchev–Trinajstić information content (AvgIpc) is 3.23. The highest BCUT2D eigenvalue weighted by Gasteiger charge is 2.05. The van der Waals surface area contributed by atoms with Crippen molar-refractivity contribution in [1.29, 1.82) is 0 Å². The van der Waals surface area contributed by atoms with Crippen molar-refractivity contribution in [2.75, 3.05) is 6.54 Å². The molecule has 0 unspecified atom stereocenters. The van der Waals surface area contributed by atoms with Crippen molar-refractivity contribution in [3.8, 4) is 10.4 Å². The number of carbonyl (C=O) groups is 1. The molecule has 2 heterocycles. The number of primary amides is 1. The number of rotatable bonds is 7. The molecule has 0 fully saturated rings. The van der Waals surface area contributed by atoms with Gasteiger partial charge in [0.25, 0.3) is 0 Å². The van der Waals surface area contributed by atoms with E-state index in [1.165, 1.54) is 14.6 Å². The molecule has 23 heavy (non-hydrogen) atoms. The largest absolute Gasteiger partial charge is 0.366 e. The third kappa shape index (κ3) is 4.28. The van der Waals surface area contributed by atoms with Crippen molar-refractivity contribution < 1.29 is 4.79 Å². The maximum absolute atomic E-state index is 11.1. The molecular weight excluding hydrogens is 324 g/mol. The van der Waals surface area contributed by atoms with Crippen molar-refractivity contribution in [2.24, 2.45) is 5.73 Å². The van der Waals surface area contributed by atoms with Crippen LogP contribution in [0.3, 0.4) is 0 Å². The van der Waals surface area contributed by atoms with Crippen LogP contribution in [0.1, 0.15) is 20.1 Å². The molecule has 3 N–H and O–H groups in total. The summed E-state index contributed by atoms with van der Waals surface area (Å²) in [6.07, 6.45) is 1.07. The Kier molecular flexibility index (Phi) is 5.23. The Labute approximate surface area is 143 Å². The lowest BCUT2D eigenvalue weighted by molar-refractivity contribution is 0.100. The van der Waals surface area contributed by atoms with Crippen LogP contribution in [-0.2, 0) is 13.0 Å². The Morgan fingerprint density at radius 1 is 1.04 bits per heavy atom. The van der Waals surface area contributed by atoms with E-state index in [1.54, 1.807) is 34.8 Å². The molecule has 0 radical (unpaired) electrons. The molecule has 0 saturated heterocycles. The summed E-state index contributed by atoms with van der Waals surface area (Å²) < 4.78 is 0. The van der Waals surface area contributed by atoms with E-state index in [0.29, 0.717) is 5.56 Å². The van der Waals surface area contributed by atoms with Gasteiger partial charge in [-0.15, -0.1) is 22.7 Å². The Balaban J connectivity index is 1.54. The molecule has 1 aromatic carbocycles. The van der Waals surface area contributed by atoms with Gasteiger partial charge in [-0.1, -0.05) is 18.2 Å². The van der Waals surface area contributed by atoms with Gasteiger partial charge in [-0.25, -0.2) is 0 Å². The first-order valence-corrected chi connectivity index (χ1v) is 9.14. The van der Waals surface area contributed by atoms with Gasteiger partial charge in [-0.2, -0.15) is 0 Å². The van der Waals surface area contributed by atoms with Crippen LogP contribution < -0.4 is 11.1 Å². The first kappa shape index (κ1) is 15.9. The monoisotopic (exact) mass is 342 g/mol. The first-order valence-electron chi connectivity index (χ1n) is 7.44. The first-order chi connectivity index (χ1) is 11.2. The fourth-order valence-corrected chi connectivity index (χ4v) is 4.00. The molecule has 1 amide bonds. The van der Waals surface area contributed by atoms with Gasteiger partial charge < -0.3 is 11.1 Å². The summed E-state index contributed by atoms with van der Waals surface area (Å²) in [6, 6.07) is 16.0. The molecule has 0 aliphatic rings. The fourth-order valence-electron chi connectivity index (χ4n) is 2.30. The second-order valence-corrected chi connectivity index (χ2v) is 7.41. The lowest BCUT2D eigenvalue weighted by atomic mass is 10.1. The normalized spacial score (nSPS) is 10.8. The Morgan fingerprint density at radius 3 is 2.57 bits per heavy atom. The molecule has 5 heteroatoms. The number of thiophene rings is 2. The van der Waals surface area contributed by atoms with E-state index in [1.807, 2.05) is 12.1 Å². The van der Waals surface area contributed by atoms with Gasteiger partial charge >= 0.3 is 0 Å². The van der Waals surface area contributed by atoms with Crippen LogP contribution in [0.4, 0.5) is 0 Å². The quantitative estimate of drug-likeness (QED) is 0.640. The van der Waals surface area contributed by atoms with Crippen LogP contribution in [0, 0.1) is 0 Å². The Bertz CT molecular complexity index is 761. The maximum Gasteiger partial charge on any atom is 0.248 e. The molecule has 3 aromatic rings. The molecular formula is C18H18N2OS2. The second-order valence-electron chi connectivity index (χ2n) is 5.21. The van der Waals surface area contributed by atoms with E-state index >= 15 is 0 Å². The van der Waals surface area contributed by atoms with Gasteiger partial charge in [0, 0.05) is 33.3 Å². The summed E-state index contributed by atoms with van der Waals surface area (Å²) in [7, 11) is 0. The van der Waals surface area contributed by atoms with Crippen LogP contribution in [0.25, 0.3) is 10.4 Å². The molecule has 0 atom stereocenters. The zero-order valence-electron chi connectivity index (χ0n) is 12.6. The fraction of sp³-hybridized carbons (Fsp3) is 0.167. The van der Waals surface area contributed by atoms with Crippen molar-refractivity contribution in [3.63, 3.8) is 0 Å². The number of amides is 1. The van der Waals surface area contributed by atoms with Gasteiger partial charge in [0.15, 0.2) is 0 Å². The number of carbonyl (C=O) groups excluding carboxylic acids is 1. The van der Waals surface area contributed by atoms with Gasteiger partial charge in [0.2, 0.25) is 5.91 Å². The summed E-state index contributed by atoms with van der Waals surface area (Å²) in [5, 5.41) is 5.60. The third-order valence-corrected chi connectivity index (χ3v) is 5.61. The summed E-state index contributed by atoms with van der Waals surface area (Å²) in [4.78, 5) is 15.0. The van der Waals surface area contributed by atoms with Gasteiger partial charge in [-0.3, -0.25) is 4.79 Å². The predicted octanol–water partition coefficient (Wildman–Crippen LogP) is 3.91. The van der Waals surface area contributed by atoms with Crippen molar-refractivity contribution in [3.05, 3.63) is 69.2 Å². The summed E-state index contributed by atoms with van der Waals surface area (Å²) >= 11 is 3.58. The molecule has 0 spiro atoms. The molecule has 3 rings (SSSR count). The molecule has 3 nitrogen and oxygen atoms in total. The summed E-state index contributed by atoms with van der Waals surface area (Å²) in [6.45, 7) is 1.87. The van der Waals surface area contributed by atoms with Crippen molar-refractivity contribution >= 4 is 28.6 Å². The minimum Gasteiger partial charge on any atom is -0.366 e. The topological polar surface area (TPSA) is 55.1 Å². The van der Waals surface area contributed by atoms with Crippen LogP contribution in [0.15, 0.2) is 53.9 Å². The van der Waals surface area contributed by atoms with Crippen molar-refractivity contribution in [2.45, 2.75) is 13.0 Å². The Hall–Kier alpha value is -1.95. The van der Waals surface area contributed by atoms with Crippen LogP contribution in [0.5, 0.6) is 0 Å². The minimum absolute atomic E-state index is 0.390. The van der Waals surface area contributed by atoms with E-state index in [0.717, 1.165) is 25.1 Å². The molecule has 118 valence electrons. The number of nitrogens with one attached hydrogen (secondary N) is 1. The minimum atomic E-state index is -0.390. The predicted molar refractivity (Wildman–Crippen MR) is 98.0 cm³/mol. The molecule has 0 saturated carbocycles. The zero-order valence-corrected chi connectivity index (χ0v) is 14.3. The zero-order chi connectivity index (χ0) is 16.1. The highest BCUT2D eigenvalue weighted by atomic mass is 32.1. The standard InChI is InChI=1S/C18H18N2OS2/c19-18(21)14-5-3-13(4-6-14)17-8-7-16(23-17)12-20-10-9-15-2-1-11-22-15/h1-8,11,20H,9-10,12H2,(H2,19,21).